The van der Waals surface area contributed by atoms with Crippen LogP contribution in [0.15, 0.2) is 34.9 Å². The van der Waals surface area contributed by atoms with Crippen molar-refractivity contribution in [2.75, 3.05) is 26.2 Å². The first kappa shape index (κ1) is 21.1. The lowest BCUT2D eigenvalue weighted by Gasteiger charge is -2.22. The Morgan fingerprint density at radius 1 is 1.03 bits per heavy atom. The summed E-state index contributed by atoms with van der Waals surface area (Å²) in [5.41, 5.74) is 2.95. The molecule has 0 spiro atoms. The molecule has 6 heteroatoms. The summed E-state index contributed by atoms with van der Waals surface area (Å²) in [5, 5.41) is 3.81. The normalized spacial score (nSPS) is 15.3. The third kappa shape index (κ3) is 5.46. The second-order valence-electron chi connectivity index (χ2n) is 8.80. The van der Waals surface area contributed by atoms with Crippen LogP contribution in [0.25, 0.3) is 0 Å². The maximum absolute atomic E-state index is 12.7. The summed E-state index contributed by atoms with van der Waals surface area (Å²) in [5.74, 6) is 0.641. The van der Waals surface area contributed by atoms with Gasteiger partial charge < -0.3 is 14.3 Å². The van der Waals surface area contributed by atoms with Gasteiger partial charge in [-0.3, -0.25) is 9.59 Å². The quantitative estimate of drug-likeness (QED) is 0.791. The van der Waals surface area contributed by atoms with Gasteiger partial charge in [0.15, 0.2) is 5.69 Å². The van der Waals surface area contributed by atoms with Crippen LogP contribution in [-0.4, -0.2) is 52.9 Å². The van der Waals surface area contributed by atoms with Gasteiger partial charge in [0.2, 0.25) is 5.91 Å². The zero-order valence-corrected chi connectivity index (χ0v) is 17.9. The molecule has 1 aliphatic heterocycles. The van der Waals surface area contributed by atoms with E-state index in [2.05, 4.69) is 50.2 Å². The molecule has 0 aliphatic carbocycles. The van der Waals surface area contributed by atoms with Gasteiger partial charge in [-0.05, 0) is 36.3 Å². The fourth-order valence-corrected chi connectivity index (χ4v) is 3.58. The minimum atomic E-state index is -0.130. The Morgan fingerprint density at radius 3 is 2.31 bits per heavy atom. The van der Waals surface area contributed by atoms with Crippen LogP contribution in [0.4, 0.5) is 0 Å². The van der Waals surface area contributed by atoms with Crippen molar-refractivity contribution in [1.29, 1.82) is 0 Å². The molecule has 29 heavy (non-hydrogen) atoms. The van der Waals surface area contributed by atoms with E-state index in [9.17, 15) is 9.59 Å². The standard InChI is InChI=1S/C23H31N3O3/c1-17-16-20(24-29-17)22(28)26-13-5-12-25(14-15-26)21(27)11-8-18-6-9-19(10-7-18)23(2,3)4/h6-7,9-10,16H,5,8,11-15H2,1-4H3. The van der Waals surface area contributed by atoms with E-state index in [1.165, 1.54) is 11.1 Å². The van der Waals surface area contributed by atoms with Crippen molar-refractivity contribution in [2.24, 2.45) is 0 Å². The molecule has 0 unspecified atom stereocenters. The monoisotopic (exact) mass is 397 g/mol. The molecule has 1 aromatic carbocycles. The van der Waals surface area contributed by atoms with Crippen LogP contribution in [0.2, 0.25) is 0 Å². The zero-order valence-electron chi connectivity index (χ0n) is 17.9. The summed E-state index contributed by atoms with van der Waals surface area (Å²) in [4.78, 5) is 28.9. The van der Waals surface area contributed by atoms with Crippen LogP contribution in [-0.2, 0) is 16.6 Å². The number of aromatic nitrogens is 1. The number of aryl methyl sites for hydroxylation is 2. The fraction of sp³-hybridized carbons (Fsp3) is 0.522. The largest absolute Gasteiger partial charge is 0.361 e. The highest BCUT2D eigenvalue weighted by molar-refractivity contribution is 5.92. The molecule has 1 aromatic heterocycles. The summed E-state index contributed by atoms with van der Waals surface area (Å²) in [7, 11) is 0. The molecule has 6 nitrogen and oxygen atoms in total. The maximum Gasteiger partial charge on any atom is 0.276 e. The Kier molecular flexibility index (Phi) is 6.40. The molecule has 156 valence electrons. The van der Waals surface area contributed by atoms with Crippen LogP contribution < -0.4 is 0 Å². The maximum atomic E-state index is 12.7. The van der Waals surface area contributed by atoms with Crippen LogP contribution in [0.3, 0.4) is 0 Å². The predicted molar refractivity (Wildman–Crippen MR) is 112 cm³/mol. The number of hydrogen-bond acceptors (Lipinski definition) is 4. The summed E-state index contributed by atoms with van der Waals surface area (Å²) < 4.78 is 5.00. The molecule has 3 rings (SSSR count). The smallest absolute Gasteiger partial charge is 0.276 e. The van der Waals surface area contributed by atoms with Crippen molar-refractivity contribution in [1.82, 2.24) is 15.0 Å². The molecule has 1 saturated heterocycles. The Labute approximate surface area is 172 Å². The third-order valence-corrected chi connectivity index (χ3v) is 5.43. The van der Waals surface area contributed by atoms with E-state index in [0.29, 0.717) is 44.1 Å². The van der Waals surface area contributed by atoms with Crippen molar-refractivity contribution < 1.29 is 14.1 Å². The molecule has 1 fully saturated rings. The SMILES string of the molecule is Cc1cc(C(=O)N2CCCN(C(=O)CCc3ccc(C(C)(C)C)cc3)CC2)no1. The highest BCUT2D eigenvalue weighted by atomic mass is 16.5. The second kappa shape index (κ2) is 8.80. The number of carbonyl (C=O) groups is 2. The van der Waals surface area contributed by atoms with Crippen molar-refractivity contribution >= 4 is 11.8 Å². The van der Waals surface area contributed by atoms with Gasteiger partial charge in [0.25, 0.3) is 5.91 Å². The topological polar surface area (TPSA) is 66.7 Å². The van der Waals surface area contributed by atoms with Gasteiger partial charge in [0.1, 0.15) is 5.76 Å². The predicted octanol–water partition coefficient (Wildman–Crippen LogP) is 3.59. The molecule has 0 saturated carbocycles. The van der Waals surface area contributed by atoms with E-state index in [-0.39, 0.29) is 17.2 Å². The lowest BCUT2D eigenvalue weighted by atomic mass is 9.86. The van der Waals surface area contributed by atoms with Gasteiger partial charge in [-0.1, -0.05) is 50.2 Å². The minimum Gasteiger partial charge on any atom is -0.361 e. The number of carbonyl (C=O) groups excluding carboxylic acids is 2. The summed E-state index contributed by atoms with van der Waals surface area (Å²) in [6, 6.07) is 10.2. The fourth-order valence-electron chi connectivity index (χ4n) is 3.58. The van der Waals surface area contributed by atoms with E-state index < -0.39 is 0 Å². The van der Waals surface area contributed by atoms with Gasteiger partial charge in [-0.15, -0.1) is 0 Å². The molecule has 0 bridgehead atoms. The summed E-state index contributed by atoms with van der Waals surface area (Å²) in [6.45, 7) is 10.8. The van der Waals surface area contributed by atoms with Crippen molar-refractivity contribution in [3.63, 3.8) is 0 Å². The lowest BCUT2D eigenvalue weighted by Crippen LogP contribution is -2.37. The van der Waals surface area contributed by atoms with E-state index in [0.717, 1.165) is 12.8 Å². The van der Waals surface area contributed by atoms with E-state index >= 15 is 0 Å². The molecule has 2 amide bonds. The van der Waals surface area contributed by atoms with Crippen molar-refractivity contribution in [3.8, 4) is 0 Å². The number of benzene rings is 1. The van der Waals surface area contributed by atoms with Gasteiger partial charge in [0.05, 0.1) is 0 Å². The van der Waals surface area contributed by atoms with E-state index in [4.69, 9.17) is 4.52 Å². The molecule has 0 radical (unpaired) electrons. The molecule has 2 heterocycles. The molecular formula is C23H31N3O3. The first-order valence-electron chi connectivity index (χ1n) is 10.3. The highest BCUT2D eigenvalue weighted by Gasteiger charge is 2.24. The number of hydrogen-bond donors (Lipinski definition) is 0. The van der Waals surface area contributed by atoms with Crippen molar-refractivity contribution in [3.05, 3.63) is 52.9 Å². The number of rotatable bonds is 4. The summed E-state index contributed by atoms with van der Waals surface area (Å²) >= 11 is 0. The highest BCUT2D eigenvalue weighted by Crippen LogP contribution is 2.22. The minimum absolute atomic E-state index is 0.130. The van der Waals surface area contributed by atoms with Crippen LogP contribution in [0.5, 0.6) is 0 Å². The van der Waals surface area contributed by atoms with Gasteiger partial charge in [0, 0.05) is 38.7 Å². The van der Waals surface area contributed by atoms with E-state index in [1.54, 1.807) is 17.9 Å². The Morgan fingerprint density at radius 2 is 1.69 bits per heavy atom. The first-order valence-corrected chi connectivity index (χ1v) is 10.3. The van der Waals surface area contributed by atoms with Crippen molar-refractivity contribution in [2.45, 2.75) is 52.4 Å². The van der Waals surface area contributed by atoms with Gasteiger partial charge in [-0.2, -0.15) is 0 Å². The second-order valence-corrected chi connectivity index (χ2v) is 8.80. The van der Waals surface area contributed by atoms with Gasteiger partial charge in [-0.25, -0.2) is 0 Å². The summed E-state index contributed by atoms with van der Waals surface area (Å²) in [6.07, 6.45) is 2.00. The van der Waals surface area contributed by atoms with Crippen LogP contribution in [0, 0.1) is 6.92 Å². The van der Waals surface area contributed by atoms with E-state index in [1.807, 2.05) is 4.90 Å². The van der Waals surface area contributed by atoms with Crippen LogP contribution in [0.1, 0.15) is 61.0 Å². The zero-order chi connectivity index (χ0) is 21.0. The third-order valence-electron chi connectivity index (χ3n) is 5.43. The molecule has 2 aromatic rings. The molecule has 1 aliphatic rings. The van der Waals surface area contributed by atoms with Gasteiger partial charge >= 0.3 is 0 Å². The molecular weight excluding hydrogens is 366 g/mol. The average Bonchev–Trinajstić information content (AvgIpc) is 2.97. The molecule has 0 atom stereocenters. The number of nitrogens with zero attached hydrogens (tertiary/aromatic N) is 3. The average molecular weight is 398 g/mol. The molecule has 0 N–H and O–H groups in total. The lowest BCUT2D eigenvalue weighted by molar-refractivity contribution is -0.131. The first-order chi connectivity index (χ1) is 13.7. The Hall–Kier alpha value is -2.63. The Balaban J connectivity index is 1.51. The van der Waals surface area contributed by atoms with Crippen LogP contribution >= 0.6 is 0 Å². The number of amides is 2. The Bertz CT molecular complexity index is 849.